The molecule has 0 amide bonds. The summed E-state index contributed by atoms with van der Waals surface area (Å²) in [6, 6.07) is 22.7. The lowest BCUT2D eigenvalue weighted by atomic mass is 10.1. The highest BCUT2D eigenvalue weighted by molar-refractivity contribution is 5.91. The first kappa shape index (κ1) is 23.6. The van der Waals surface area contributed by atoms with Gasteiger partial charge >= 0.3 is 0 Å². The van der Waals surface area contributed by atoms with E-state index in [4.69, 9.17) is 0 Å². The number of anilines is 4. The van der Waals surface area contributed by atoms with Crippen molar-refractivity contribution in [2.45, 2.75) is 12.8 Å². The number of hydrogen-bond acceptors (Lipinski definition) is 7. The molecular weight excluding hydrogens is 448 g/mol. The Morgan fingerprint density at radius 1 is 0.833 bits per heavy atom. The molecule has 5 aromatic rings. The van der Waals surface area contributed by atoms with Crippen molar-refractivity contribution >= 4 is 45.1 Å². The molecule has 0 fully saturated rings. The Labute approximate surface area is 211 Å². The molecule has 8 heteroatoms. The van der Waals surface area contributed by atoms with Crippen LogP contribution in [0.2, 0.25) is 0 Å². The number of rotatable bonds is 11. The topological polar surface area (TPSA) is 93.8 Å². The fourth-order valence-corrected chi connectivity index (χ4v) is 4.16. The average Bonchev–Trinajstić information content (AvgIpc) is 3.30. The van der Waals surface area contributed by atoms with Crippen LogP contribution < -0.4 is 16.0 Å². The van der Waals surface area contributed by atoms with E-state index in [0.717, 1.165) is 77.6 Å². The van der Waals surface area contributed by atoms with Crippen molar-refractivity contribution in [2.75, 3.05) is 49.7 Å². The molecule has 0 spiro atoms. The maximum absolute atomic E-state index is 4.57. The average molecular weight is 481 g/mol. The number of aromatic amines is 1. The fourth-order valence-electron chi connectivity index (χ4n) is 4.16. The van der Waals surface area contributed by atoms with Crippen LogP contribution in [-0.4, -0.2) is 58.6 Å². The number of aromatic nitrogens is 4. The van der Waals surface area contributed by atoms with Gasteiger partial charge in [-0.1, -0.05) is 24.3 Å². The van der Waals surface area contributed by atoms with Crippen molar-refractivity contribution in [3.8, 4) is 0 Å². The zero-order valence-electron chi connectivity index (χ0n) is 20.8. The van der Waals surface area contributed by atoms with E-state index in [1.807, 2.05) is 24.3 Å². The fraction of sp³-hybridized carbons (Fsp3) is 0.250. The first-order valence-electron chi connectivity index (χ1n) is 12.3. The molecule has 0 unspecified atom stereocenters. The summed E-state index contributed by atoms with van der Waals surface area (Å²) in [6.07, 6.45) is 3.61. The van der Waals surface area contributed by atoms with Crippen molar-refractivity contribution in [3.05, 3.63) is 78.6 Å². The molecule has 0 aliphatic heterocycles. The lowest BCUT2D eigenvalue weighted by Gasteiger charge is -2.12. The normalized spacial score (nSPS) is 11.3. The maximum atomic E-state index is 4.57. The molecule has 0 bridgehead atoms. The van der Waals surface area contributed by atoms with Gasteiger partial charge in [-0.25, -0.2) is 15.0 Å². The number of nitrogens with zero attached hydrogens (tertiary/aromatic N) is 4. The van der Waals surface area contributed by atoms with E-state index in [-0.39, 0.29) is 0 Å². The van der Waals surface area contributed by atoms with Crippen LogP contribution in [0.1, 0.15) is 12.0 Å². The zero-order chi connectivity index (χ0) is 24.7. The Hall–Kier alpha value is -4.17. The summed E-state index contributed by atoms with van der Waals surface area (Å²) in [7, 11) is 4.19. The predicted octanol–water partition coefficient (Wildman–Crippen LogP) is 5.27. The van der Waals surface area contributed by atoms with Gasteiger partial charge in [-0.15, -0.1) is 0 Å². The van der Waals surface area contributed by atoms with Gasteiger partial charge in [0.1, 0.15) is 12.1 Å². The van der Waals surface area contributed by atoms with Crippen LogP contribution in [0.5, 0.6) is 0 Å². The standard InChI is InChI=1S/C28H32N8/c1-36(2)17-5-15-29-22-12-13-23-26(18-22)31-19-32-27(23)30-16-14-20-8-10-21(11-9-20)33-28-34-24-6-3-4-7-25(24)35-28/h3-4,6-13,18-19,29H,5,14-17H2,1-2H3,(H,30,31,32)(H2,33,34,35). The van der Waals surface area contributed by atoms with Crippen molar-refractivity contribution in [3.63, 3.8) is 0 Å². The largest absolute Gasteiger partial charge is 0.385 e. The van der Waals surface area contributed by atoms with Gasteiger partial charge in [-0.3, -0.25) is 0 Å². The highest BCUT2D eigenvalue weighted by Gasteiger charge is 2.06. The van der Waals surface area contributed by atoms with E-state index in [0.29, 0.717) is 0 Å². The van der Waals surface area contributed by atoms with Crippen LogP contribution in [-0.2, 0) is 6.42 Å². The minimum absolute atomic E-state index is 0.744. The maximum Gasteiger partial charge on any atom is 0.205 e. The molecule has 5 rings (SSSR count). The van der Waals surface area contributed by atoms with Gasteiger partial charge in [0.2, 0.25) is 5.95 Å². The van der Waals surface area contributed by atoms with Gasteiger partial charge in [-0.05, 0) is 81.5 Å². The van der Waals surface area contributed by atoms with E-state index >= 15 is 0 Å². The van der Waals surface area contributed by atoms with Crippen LogP contribution in [0, 0.1) is 0 Å². The van der Waals surface area contributed by atoms with Crippen LogP contribution in [0.15, 0.2) is 73.1 Å². The summed E-state index contributed by atoms with van der Waals surface area (Å²) < 4.78 is 0. The molecule has 0 radical (unpaired) electrons. The van der Waals surface area contributed by atoms with Crippen LogP contribution in [0.25, 0.3) is 21.9 Å². The molecule has 0 aliphatic carbocycles. The van der Waals surface area contributed by atoms with Gasteiger partial charge in [0.25, 0.3) is 0 Å². The number of para-hydroxylation sites is 2. The van der Waals surface area contributed by atoms with Crippen molar-refractivity contribution < 1.29 is 0 Å². The van der Waals surface area contributed by atoms with Gasteiger partial charge in [-0.2, -0.15) is 0 Å². The molecule has 0 atom stereocenters. The number of benzene rings is 3. The molecule has 2 aromatic heterocycles. The van der Waals surface area contributed by atoms with Crippen molar-refractivity contribution in [1.29, 1.82) is 0 Å². The molecule has 8 nitrogen and oxygen atoms in total. The van der Waals surface area contributed by atoms with Crippen molar-refractivity contribution in [2.24, 2.45) is 0 Å². The first-order valence-corrected chi connectivity index (χ1v) is 12.3. The summed E-state index contributed by atoms with van der Waals surface area (Å²) in [6.45, 7) is 2.79. The summed E-state index contributed by atoms with van der Waals surface area (Å²) in [5.41, 5.74) is 6.24. The second-order valence-corrected chi connectivity index (χ2v) is 9.14. The van der Waals surface area contributed by atoms with E-state index in [1.165, 1.54) is 5.56 Å². The Bertz CT molecular complexity index is 1390. The molecule has 184 valence electrons. The molecule has 36 heavy (non-hydrogen) atoms. The summed E-state index contributed by atoms with van der Waals surface area (Å²) in [4.78, 5) is 19.0. The highest BCUT2D eigenvalue weighted by Crippen LogP contribution is 2.23. The Balaban J connectivity index is 1.15. The van der Waals surface area contributed by atoms with Crippen LogP contribution in [0.4, 0.5) is 23.1 Å². The monoisotopic (exact) mass is 480 g/mol. The summed E-state index contributed by atoms with van der Waals surface area (Å²) in [5.74, 6) is 1.61. The van der Waals surface area contributed by atoms with Gasteiger partial charge < -0.3 is 25.8 Å². The van der Waals surface area contributed by atoms with E-state index in [2.05, 4.69) is 97.3 Å². The number of H-pyrrole nitrogens is 1. The summed E-state index contributed by atoms with van der Waals surface area (Å²) in [5, 5.41) is 11.3. The van der Waals surface area contributed by atoms with Gasteiger partial charge in [0.05, 0.1) is 16.6 Å². The second kappa shape index (κ2) is 11.0. The third-order valence-electron chi connectivity index (χ3n) is 6.06. The number of hydrogen-bond donors (Lipinski definition) is 4. The molecule has 3 aromatic carbocycles. The third kappa shape index (κ3) is 5.90. The smallest absolute Gasteiger partial charge is 0.205 e. The number of imidazole rings is 1. The van der Waals surface area contributed by atoms with Gasteiger partial charge in [0, 0.05) is 29.9 Å². The molecule has 0 saturated heterocycles. The lowest BCUT2D eigenvalue weighted by Crippen LogP contribution is -2.16. The third-order valence-corrected chi connectivity index (χ3v) is 6.06. The van der Waals surface area contributed by atoms with Crippen molar-refractivity contribution in [1.82, 2.24) is 24.8 Å². The zero-order valence-corrected chi connectivity index (χ0v) is 20.8. The minimum Gasteiger partial charge on any atom is -0.385 e. The van der Waals surface area contributed by atoms with Crippen LogP contribution in [0.3, 0.4) is 0 Å². The Kier molecular flexibility index (Phi) is 7.23. The quantitative estimate of drug-likeness (QED) is 0.191. The molecule has 2 heterocycles. The van der Waals surface area contributed by atoms with E-state index < -0.39 is 0 Å². The highest BCUT2D eigenvalue weighted by atomic mass is 15.1. The lowest BCUT2D eigenvalue weighted by molar-refractivity contribution is 0.405. The number of nitrogens with one attached hydrogen (secondary N) is 4. The molecule has 0 aliphatic rings. The molecule has 0 saturated carbocycles. The minimum atomic E-state index is 0.744. The molecule has 4 N–H and O–H groups in total. The summed E-state index contributed by atoms with van der Waals surface area (Å²) >= 11 is 0. The van der Waals surface area contributed by atoms with E-state index in [9.17, 15) is 0 Å². The SMILES string of the molecule is CN(C)CCCNc1ccc2c(NCCc3ccc(Nc4nc5ccccc5[nH]4)cc3)ncnc2c1. The van der Waals surface area contributed by atoms with Gasteiger partial charge in [0.15, 0.2) is 0 Å². The second-order valence-electron chi connectivity index (χ2n) is 9.14. The Morgan fingerprint density at radius 2 is 1.67 bits per heavy atom. The van der Waals surface area contributed by atoms with Crippen LogP contribution >= 0.6 is 0 Å². The van der Waals surface area contributed by atoms with E-state index in [1.54, 1.807) is 6.33 Å². The Morgan fingerprint density at radius 3 is 2.50 bits per heavy atom. The predicted molar refractivity (Wildman–Crippen MR) is 149 cm³/mol. The molecular formula is C28H32N8. The number of fused-ring (bicyclic) bond motifs is 2. The first-order chi connectivity index (χ1) is 17.6.